The standard InChI is InChI=1S/C19H24N2O3S/c1-5-10-23-15-8-6-14(7-9-15)17-16(13(4)20-19(25)21-17)18(22)24-11-12(2)3/h5-9,12,17H,1,10-11H2,2-4H3,(H2,20,21,25)/t17-/m1/s1. The fourth-order valence-corrected chi connectivity index (χ4v) is 2.72. The molecular formula is C19H24N2O3S. The van der Waals surface area contributed by atoms with Gasteiger partial charge in [0.05, 0.1) is 18.2 Å². The van der Waals surface area contributed by atoms with Gasteiger partial charge in [0.2, 0.25) is 0 Å². The minimum absolute atomic E-state index is 0.273. The van der Waals surface area contributed by atoms with E-state index in [1.807, 2.05) is 45.0 Å². The number of carbonyl (C=O) groups is 1. The predicted molar refractivity (Wildman–Crippen MR) is 102 cm³/mol. The van der Waals surface area contributed by atoms with Gasteiger partial charge in [-0.3, -0.25) is 0 Å². The number of benzene rings is 1. The van der Waals surface area contributed by atoms with Gasteiger partial charge in [-0.25, -0.2) is 4.79 Å². The smallest absolute Gasteiger partial charge is 0.338 e. The number of hydrogen-bond donors (Lipinski definition) is 2. The number of ether oxygens (including phenoxy) is 2. The van der Waals surface area contributed by atoms with Gasteiger partial charge >= 0.3 is 5.97 Å². The van der Waals surface area contributed by atoms with Gasteiger partial charge in [-0.05, 0) is 42.8 Å². The lowest BCUT2D eigenvalue weighted by Crippen LogP contribution is -2.45. The zero-order chi connectivity index (χ0) is 18.4. The van der Waals surface area contributed by atoms with Gasteiger partial charge in [0.25, 0.3) is 0 Å². The predicted octanol–water partition coefficient (Wildman–Crippen LogP) is 3.24. The highest BCUT2D eigenvalue weighted by Crippen LogP contribution is 2.29. The molecule has 0 aliphatic carbocycles. The van der Waals surface area contributed by atoms with Gasteiger partial charge in [-0.2, -0.15) is 0 Å². The maximum absolute atomic E-state index is 12.6. The summed E-state index contributed by atoms with van der Waals surface area (Å²) in [6, 6.07) is 7.18. The topological polar surface area (TPSA) is 59.6 Å². The number of esters is 1. The van der Waals surface area contributed by atoms with Crippen LogP contribution >= 0.6 is 12.2 Å². The molecule has 0 unspecified atom stereocenters. The van der Waals surface area contributed by atoms with Crippen molar-refractivity contribution in [2.75, 3.05) is 13.2 Å². The summed E-state index contributed by atoms with van der Waals surface area (Å²) in [6.07, 6.45) is 1.69. The third-order valence-electron chi connectivity index (χ3n) is 3.62. The van der Waals surface area contributed by atoms with Crippen LogP contribution in [-0.2, 0) is 9.53 Å². The lowest BCUT2D eigenvalue weighted by atomic mass is 9.95. The molecule has 134 valence electrons. The summed E-state index contributed by atoms with van der Waals surface area (Å²) < 4.78 is 10.9. The quantitative estimate of drug-likeness (QED) is 0.442. The molecule has 2 N–H and O–H groups in total. The van der Waals surface area contributed by atoms with Gasteiger partial charge in [0, 0.05) is 5.70 Å². The SMILES string of the molecule is C=CCOc1ccc([C@H]2NC(=S)NC(C)=C2C(=O)OCC(C)C)cc1. The Morgan fingerprint density at radius 1 is 1.36 bits per heavy atom. The molecule has 0 radical (unpaired) electrons. The number of carbonyl (C=O) groups excluding carboxylic acids is 1. The Kier molecular flexibility index (Phi) is 6.58. The van der Waals surface area contributed by atoms with Crippen LogP contribution in [0.3, 0.4) is 0 Å². The Balaban J connectivity index is 2.25. The molecule has 0 aromatic heterocycles. The average molecular weight is 360 g/mol. The number of rotatable bonds is 7. The van der Waals surface area contributed by atoms with E-state index in [2.05, 4.69) is 17.2 Å². The van der Waals surface area contributed by atoms with E-state index in [4.69, 9.17) is 21.7 Å². The Bertz CT molecular complexity index is 680. The normalized spacial score (nSPS) is 17.0. The monoisotopic (exact) mass is 360 g/mol. The van der Waals surface area contributed by atoms with Gasteiger partial charge in [0.15, 0.2) is 5.11 Å². The Hall–Kier alpha value is -2.34. The van der Waals surface area contributed by atoms with Crippen LogP contribution in [0.25, 0.3) is 0 Å². The average Bonchev–Trinajstić information content (AvgIpc) is 2.57. The summed E-state index contributed by atoms with van der Waals surface area (Å²) in [4.78, 5) is 12.6. The van der Waals surface area contributed by atoms with E-state index in [0.717, 1.165) is 11.3 Å². The fraction of sp³-hybridized carbons (Fsp3) is 0.368. The second kappa shape index (κ2) is 8.67. The highest BCUT2D eigenvalue weighted by atomic mass is 32.1. The minimum atomic E-state index is -0.359. The molecule has 5 nitrogen and oxygen atoms in total. The van der Waals surface area contributed by atoms with Crippen LogP contribution in [0, 0.1) is 5.92 Å². The Morgan fingerprint density at radius 3 is 2.64 bits per heavy atom. The lowest BCUT2D eigenvalue weighted by Gasteiger charge is -2.30. The molecule has 2 rings (SSSR count). The zero-order valence-electron chi connectivity index (χ0n) is 14.8. The van der Waals surface area contributed by atoms with E-state index in [1.165, 1.54) is 0 Å². The number of allylic oxidation sites excluding steroid dienone is 1. The highest BCUT2D eigenvalue weighted by molar-refractivity contribution is 7.80. The molecule has 1 atom stereocenters. The molecule has 0 bridgehead atoms. The number of hydrogen-bond acceptors (Lipinski definition) is 4. The van der Waals surface area contributed by atoms with Crippen molar-refractivity contribution < 1.29 is 14.3 Å². The third kappa shape index (κ3) is 5.06. The number of thiocarbonyl (C=S) groups is 1. The van der Waals surface area contributed by atoms with E-state index in [9.17, 15) is 4.79 Å². The highest BCUT2D eigenvalue weighted by Gasteiger charge is 2.31. The molecule has 6 heteroatoms. The van der Waals surface area contributed by atoms with Crippen LogP contribution in [0.5, 0.6) is 5.75 Å². The van der Waals surface area contributed by atoms with Crippen molar-refractivity contribution in [3.05, 3.63) is 53.8 Å². The van der Waals surface area contributed by atoms with Crippen LogP contribution in [0.1, 0.15) is 32.4 Å². The maximum Gasteiger partial charge on any atom is 0.338 e. The molecule has 25 heavy (non-hydrogen) atoms. The Morgan fingerprint density at radius 2 is 2.04 bits per heavy atom. The second-order valence-corrected chi connectivity index (χ2v) is 6.64. The summed E-state index contributed by atoms with van der Waals surface area (Å²) in [5, 5.41) is 6.63. The first-order chi connectivity index (χ1) is 11.9. The van der Waals surface area contributed by atoms with Crippen LogP contribution in [-0.4, -0.2) is 24.3 Å². The lowest BCUT2D eigenvalue weighted by molar-refractivity contribution is -0.140. The van der Waals surface area contributed by atoms with Crippen LogP contribution in [0.15, 0.2) is 48.2 Å². The molecule has 0 amide bonds. The zero-order valence-corrected chi connectivity index (χ0v) is 15.6. The first kappa shape index (κ1) is 19.0. The second-order valence-electron chi connectivity index (χ2n) is 6.23. The van der Waals surface area contributed by atoms with E-state index >= 15 is 0 Å². The van der Waals surface area contributed by atoms with Crippen LogP contribution in [0.2, 0.25) is 0 Å². The molecule has 0 saturated heterocycles. The summed E-state index contributed by atoms with van der Waals surface area (Å²) in [5.74, 6) is 0.672. The molecule has 0 saturated carbocycles. The van der Waals surface area contributed by atoms with Gasteiger partial charge in [-0.15, -0.1) is 0 Å². The van der Waals surface area contributed by atoms with Crippen molar-refractivity contribution in [3.8, 4) is 5.75 Å². The van der Waals surface area contributed by atoms with Crippen molar-refractivity contribution in [1.82, 2.24) is 10.6 Å². The first-order valence-electron chi connectivity index (χ1n) is 8.21. The Labute approximate surface area is 154 Å². The summed E-state index contributed by atoms with van der Waals surface area (Å²) >= 11 is 5.24. The molecule has 1 aliphatic rings. The van der Waals surface area contributed by atoms with Crippen molar-refractivity contribution >= 4 is 23.3 Å². The molecule has 1 aromatic rings. The molecule has 1 heterocycles. The van der Waals surface area contributed by atoms with E-state index in [-0.39, 0.29) is 17.9 Å². The third-order valence-corrected chi connectivity index (χ3v) is 3.84. The van der Waals surface area contributed by atoms with Crippen LogP contribution < -0.4 is 15.4 Å². The van der Waals surface area contributed by atoms with Gasteiger partial charge < -0.3 is 20.1 Å². The van der Waals surface area contributed by atoms with Gasteiger partial charge in [0.1, 0.15) is 12.4 Å². The van der Waals surface area contributed by atoms with Gasteiger partial charge in [-0.1, -0.05) is 38.6 Å². The van der Waals surface area contributed by atoms with E-state index in [0.29, 0.717) is 29.6 Å². The molecular weight excluding hydrogens is 336 g/mol. The number of nitrogens with one attached hydrogen (secondary N) is 2. The summed E-state index contributed by atoms with van der Waals surface area (Å²) in [6.45, 7) is 10.3. The van der Waals surface area contributed by atoms with Crippen LogP contribution in [0.4, 0.5) is 0 Å². The first-order valence-corrected chi connectivity index (χ1v) is 8.62. The molecule has 1 aliphatic heterocycles. The largest absolute Gasteiger partial charge is 0.490 e. The maximum atomic E-state index is 12.6. The molecule has 0 fully saturated rings. The fourth-order valence-electron chi connectivity index (χ4n) is 2.45. The minimum Gasteiger partial charge on any atom is -0.490 e. The van der Waals surface area contributed by atoms with E-state index < -0.39 is 0 Å². The summed E-state index contributed by atoms with van der Waals surface area (Å²) in [7, 11) is 0. The van der Waals surface area contributed by atoms with Crippen molar-refractivity contribution in [3.63, 3.8) is 0 Å². The molecule has 1 aromatic carbocycles. The van der Waals surface area contributed by atoms with Crippen molar-refractivity contribution in [2.45, 2.75) is 26.8 Å². The van der Waals surface area contributed by atoms with Crippen molar-refractivity contribution in [1.29, 1.82) is 0 Å². The molecule has 0 spiro atoms. The summed E-state index contributed by atoms with van der Waals surface area (Å²) in [5.41, 5.74) is 2.15. The van der Waals surface area contributed by atoms with E-state index in [1.54, 1.807) is 6.08 Å². The van der Waals surface area contributed by atoms with Crippen molar-refractivity contribution in [2.24, 2.45) is 5.92 Å².